The van der Waals surface area contributed by atoms with Crippen molar-refractivity contribution in [2.75, 3.05) is 25.5 Å². The summed E-state index contributed by atoms with van der Waals surface area (Å²) in [7, 11) is 0. The minimum Gasteiger partial charge on any atom is -0.302 e. The summed E-state index contributed by atoms with van der Waals surface area (Å²) in [5.41, 5.74) is 0. The van der Waals surface area contributed by atoms with E-state index in [0.717, 1.165) is 19.0 Å². The van der Waals surface area contributed by atoms with Crippen LogP contribution in [0.2, 0.25) is 0 Å². The van der Waals surface area contributed by atoms with Gasteiger partial charge in [0.05, 0.1) is 0 Å². The maximum atomic E-state index is 5.70. The van der Waals surface area contributed by atoms with Gasteiger partial charge >= 0.3 is 0 Å². The van der Waals surface area contributed by atoms with Gasteiger partial charge < -0.3 is 4.90 Å². The summed E-state index contributed by atoms with van der Waals surface area (Å²) >= 11 is 5.70. The van der Waals surface area contributed by atoms with Gasteiger partial charge in [-0.3, -0.25) is 0 Å². The number of hydrogen-bond donors (Lipinski definition) is 0. The Morgan fingerprint density at radius 1 is 0.923 bits per heavy atom. The molecule has 0 amide bonds. The quantitative estimate of drug-likeness (QED) is 0.411. The predicted molar refractivity (Wildman–Crippen MR) is 61.6 cm³/mol. The highest BCUT2D eigenvalue weighted by atomic mass is 35.5. The van der Waals surface area contributed by atoms with E-state index < -0.39 is 0 Å². The van der Waals surface area contributed by atoms with E-state index >= 15 is 0 Å². The van der Waals surface area contributed by atoms with Crippen molar-refractivity contribution in [3.8, 4) is 0 Å². The zero-order valence-corrected chi connectivity index (χ0v) is 9.95. The van der Waals surface area contributed by atoms with E-state index in [1.165, 1.54) is 38.6 Å². The highest BCUT2D eigenvalue weighted by Crippen LogP contribution is 2.03. The Bertz CT molecular complexity index is 96.1. The average Bonchev–Trinajstić information content (AvgIpc) is 2.16. The smallest absolute Gasteiger partial charge is 0.0351 e. The largest absolute Gasteiger partial charge is 0.302 e. The molecular formula is C11H24ClN. The van der Waals surface area contributed by atoms with Crippen molar-refractivity contribution >= 4 is 11.6 Å². The SMILES string of the molecule is CCCCCCCN(CC)CCCl. The Morgan fingerprint density at radius 2 is 1.62 bits per heavy atom. The fourth-order valence-corrected chi connectivity index (χ4v) is 1.73. The molecule has 0 aliphatic carbocycles. The lowest BCUT2D eigenvalue weighted by Gasteiger charge is -2.18. The molecule has 0 saturated carbocycles. The van der Waals surface area contributed by atoms with Crippen molar-refractivity contribution in [2.45, 2.75) is 46.0 Å². The minimum atomic E-state index is 0.767. The highest BCUT2D eigenvalue weighted by molar-refractivity contribution is 6.18. The summed E-state index contributed by atoms with van der Waals surface area (Å²) in [6.07, 6.45) is 6.84. The van der Waals surface area contributed by atoms with Gasteiger partial charge in [-0.2, -0.15) is 0 Å². The lowest BCUT2D eigenvalue weighted by Crippen LogP contribution is -2.26. The molecule has 2 heteroatoms. The van der Waals surface area contributed by atoms with Crippen molar-refractivity contribution in [3.05, 3.63) is 0 Å². The Balaban J connectivity index is 3.17. The van der Waals surface area contributed by atoms with E-state index in [9.17, 15) is 0 Å². The fourth-order valence-electron chi connectivity index (χ4n) is 1.49. The monoisotopic (exact) mass is 205 g/mol. The maximum Gasteiger partial charge on any atom is 0.0351 e. The van der Waals surface area contributed by atoms with Gasteiger partial charge in [0.2, 0.25) is 0 Å². The van der Waals surface area contributed by atoms with Crippen LogP contribution in [0.15, 0.2) is 0 Å². The van der Waals surface area contributed by atoms with Crippen LogP contribution < -0.4 is 0 Å². The molecule has 0 spiro atoms. The van der Waals surface area contributed by atoms with E-state index in [0.29, 0.717) is 0 Å². The van der Waals surface area contributed by atoms with Gasteiger partial charge in [0.15, 0.2) is 0 Å². The first-order valence-electron chi connectivity index (χ1n) is 5.63. The van der Waals surface area contributed by atoms with Gasteiger partial charge in [0.1, 0.15) is 0 Å². The first-order chi connectivity index (χ1) is 6.35. The Labute approximate surface area is 88.5 Å². The molecule has 0 aromatic rings. The molecule has 0 aromatic carbocycles. The molecule has 0 bridgehead atoms. The fraction of sp³-hybridized carbons (Fsp3) is 1.00. The number of hydrogen-bond acceptors (Lipinski definition) is 1. The topological polar surface area (TPSA) is 3.24 Å². The van der Waals surface area contributed by atoms with E-state index in [1.807, 2.05) is 0 Å². The second kappa shape index (κ2) is 10.3. The first-order valence-corrected chi connectivity index (χ1v) is 6.16. The number of halogens is 1. The van der Waals surface area contributed by atoms with Crippen LogP contribution in [-0.4, -0.2) is 30.4 Å². The zero-order valence-electron chi connectivity index (χ0n) is 9.19. The number of rotatable bonds is 9. The van der Waals surface area contributed by atoms with Crippen LogP contribution in [0.1, 0.15) is 46.0 Å². The highest BCUT2D eigenvalue weighted by Gasteiger charge is 1.99. The summed E-state index contributed by atoms with van der Waals surface area (Å²) in [6.45, 7) is 7.88. The third-order valence-corrected chi connectivity index (χ3v) is 2.59. The number of nitrogens with zero attached hydrogens (tertiary/aromatic N) is 1. The van der Waals surface area contributed by atoms with Crippen molar-refractivity contribution < 1.29 is 0 Å². The molecule has 80 valence electrons. The third kappa shape index (κ3) is 8.58. The van der Waals surface area contributed by atoms with E-state index in [1.54, 1.807) is 0 Å². The molecule has 0 fully saturated rings. The van der Waals surface area contributed by atoms with Gasteiger partial charge in [0.25, 0.3) is 0 Å². The van der Waals surface area contributed by atoms with Gasteiger partial charge in [-0.25, -0.2) is 0 Å². The lowest BCUT2D eigenvalue weighted by molar-refractivity contribution is 0.297. The van der Waals surface area contributed by atoms with Crippen LogP contribution in [0.3, 0.4) is 0 Å². The molecule has 13 heavy (non-hydrogen) atoms. The van der Waals surface area contributed by atoms with Crippen LogP contribution >= 0.6 is 11.6 Å². The van der Waals surface area contributed by atoms with Crippen LogP contribution in [0.5, 0.6) is 0 Å². The normalized spacial score (nSPS) is 11.1. The Kier molecular flexibility index (Phi) is 10.5. The molecular weight excluding hydrogens is 182 g/mol. The van der Waals surface area contributed by atoms with E-state index in [2.05, 4.69) is 18.7 Å². The molecule has 0 N–H and O–H groups in total. The summed E-state index contributed by atoms with van der Waals surface area (Å²) in [5.74, 6) is 0.767. The molecule has 0 aromatic heterocycles. The number of alkyl halides is 1. The molecule has 0 aliphatic rings. The molecule has 0 saturated heterocycles. The molecule has 0 rings (SSSR count). The van der Waals surface area contributed by atoms with Gasteiger partial charge in [-0.1, -0.05) is 39.5 Å². The maximum absolute atomic E-state index is 5.70. The van der Waals surface area contributed by atoms with Crippen molar-refractivity contribution in [3.63, 3.8) is 0 Å². The van der Waals surface area contributed by atoms with Gasteiger partial charge in [-0.05, 0) is 19.5 Å². The Hall–Kier alpha value is 0.250. The summed E-state index contributed by atoms with van der Waals surface area (Å²) in [6, 6.07) is 0. The summed E-state index contributed by atoms with van der Waals surface area (Å²) in [5, 5.41) is 0. The molecule has 1 nitrogen and oxygen atoms in total. The summed E-state index contributed by atoms with van der Waals surface area (Å²) in [4.78, 5) is 2.43. The third-order valence-electron chi connectivity index (χ3n) is 2.43. The minimum absolute atomic E-state index is 0.767. The van der Waals surface area contributed by atoms with Crippen molar-refractivity contribution in [1.82, 2.24) is 4.90 Å². The van der Waals surface area contributed by atoms with Crippen LogP contribution in [0.4, 0.5) is 0 Å². The standard InChI is InChI=1S/C11H24ClN/c1-3-5-6-7-8-10-13(4-2)11-9-12/h3-11H2,1-2H3. The van der Waals surface area contributed by atoms with Gasteiger partial charge in [-0.15, -0.1) is 11.6 Å². The van der Waals surface area contributed by atoms with Crippen LogP contribution in [-0.2, 0) is 0 Å². The van der Waals surface area contributed by atoms with Crippen molar-refractivity contribution in [2.24, 2.45) is 0 Å². The lowest BCUT2D eigenvalue weighted by atomic mass is 10.1. The van der Waals surface area contributed by atoms with Crippen LogP contribution in [0, 0.1) is 0 Å². The molecule has 0 unspecified atom stereocenters. The molecule has 0 aliphatic heterocycles. The van der Waals surface area contributed by atoms with Gasteiger partial charge in [0, 0.05) is 12.4 Å². The molecule has 0 atom stereocenters. The van der Waals surface area contributed by atoms with E-state index in [4.69, 9.17) is 11.6 Å². The van der Waals surface area contributed by atoms with Crippen LogP contribution in [0.25, 0.3) is 0 Å². The molecule has 0 radical (unpaired) electrons. The second-order valence-corrected chi connectivity index (χ2v) is 3.92. The first kappa shape index (κ1) is 13.2. The predicted octanol–water partition coefficient (Wildman–Crippen LogP) is 3.52. The molecule has 0 heterocycles. The second-order valence-electron chi connectivity index (χ2n) is 3.54. The summed E-state index contributed by atoms with van der Waals surface area (Å²) < 4.78 is 0. The Morgan fingerprint density at radius 3 is 2.15 bits per heavy atom. The average molecular weight is 206 g/mol. The van der Waals surface area contributed by atoms with Crippen molar-refractivity contribution in [1.29, 1.82) is 0 Å². The van der Waals surface area contributed by atoms with E-state index in [-0.39, 0.29) is 0 Å². The zero-order chi connectivity index (χ0) is 9.94. The number of unbranched alkanes of at least 4 members (excludes halogenated alkanes) is 4.